The third kappa shape index (κ3) is 9.69. The number of morpholine rings is 1. The molecular weight excluding hydrogens is 618 g/mol. The number of urea groups is 1. The molecule has 3 aromatic carbocycles. The average molecular weight is 662 g/mol. The summed E-state index contributed by atoms with van der Waals surface area (Å²) in [5, 5.41) is 12.4. The molecule has 0 aliphatic carbocycles. The van der Waals surface area contributed by atoms with Gasteiger partial charge in [-0.1, -0.05) is 36.4 Å². The van der Waals surface area contributed by atoms with Crippen LogP contribution in [0.15, 0.2) is 66.7 Å². The van der Waals surface area contributed by atoms with Gasteiger partial charge in [0.1, 0.15) is 0 Å². The zero-order valence-corrected chi connectivity index (χ0v) is 27.5. The number of ether oxygens (including phenoxy) is 3. The van der Waals surface area contributed by atoms with Gasteiger partial charge in [0.25, 0.3) is 0 Å². The second-order valence-corrected chi connectivity index (χ2v) is 11.4. The molecule has 13 nitrogen and oxygen atoms in total. The van der Waals surface area contributed by atoms with E-state index in [-0.39, 0.29) is 31.8 Å². The third-order valence-corrected chi connectivity index (χ3v) is 8.13. The fraction of sp³-hybridized carbons (Fsp3) is 0.371. The van der Waals surface area contributed by atoms with Gasteiger partial charge in [0.2, 0.25) is 11.8 Å². The van der Waals surface area contributed by atoms with Crippen molar-refractivity contribution in [3.8, 4) is 11.5 Å². The van der Waals surface area contributed by atoms with E-state index >= 15 is 0 Å². The first-order valence-electron chi connectivity index (χ1n) is 15.6. The first-order chi connectivity index (χ1) is 23.1. The van der Waals surface area contributed by atoms with Crippen LogP contribution in [0.3, 0.4) is 0 Å². The van der Waals surface area contributed by atoms with Crippen LogP contribution in [0.5, 0.6) is 11.5 Å². The fourth-order valence-electron chi connectivity index (χ4n) is 5.54. The highest BCUT2D eigenvalue weighted by atomic mass is 16.5. The van der Waals surface area contributed by atoms with Crippen LogP contribution in [-0.4, -0.2) is 98.9 Å². The molecule has 1 aliphatic heterocycles. The van der Waals surface area contributed by atoms with E-state index in [1.165, 1.54) is 24.0 Å². The van der Waals surface area contributed by atoms with Crippen molar-refractivity contribution in [1.82, 2.24) is 15.1 Å². The molecule has 48 heavy (non-hydrogen) atoms. The maximum Gasteiger partial charge on any atom is 0.323 e. The summed E-state index contributed by atoms with van der Waals surface area (Å²) in [6, 6.07) is 17.8. The van der Waals surface area contributed by atoms with E-state index in [1.807, 2.05) is 25.1 Å². The molecule has 4 rings (SSSR count). The van der Waals surface area contributed by atoms with Crippen LogP contribution in [0.4, 0.5) is 16.2 Å². The molecule has 0 saturated carbocycles. The molecule has 0 unspecified atom stereocenters. The van der Waals surface area contributed by atoms with E-state index in [1.54, 1.807) is 48.5 Å². The topological polar surface area (TPSA) is 164 Å². The standard InChI is InChI=1S/C35H43N5O8/c1-24-6-4-5-7-29(24)40(35(36)45)27-11-8-25(9-12-27)20-33(42)39(15-14-38-16-18-48-19-17-38)23-32(41)37-28(22-34(43)44)26-10-13-30(46-2)31(21-26)47-3/h4-13,21,28H,14-20,22-23H2,1-3H3,(H2,36,45)(H,37,41)(H,43,44)/t28-/m0/s1. The van der Waals surface area contributed by atoms with Gasteiger partial charge in [-0.3, -0.25) is 24.2 Å². The Hall–Kier alpha value is -5.14. The van der Waals surface area contributed by atoms with Crippen molar-refractivity contribution in [2.24, 2.45) is 5.73 Å². The number of methoxy groups -OCH3 is 2. The number of hydrogen-bond donors (Lipinski definition) is 3. The van der Waals surface area contributed by atoms with Gasteiger partial charge in [0.05, 0.1) is 64.2 Å². The number of aliphatic carboxylic acids is 1. The van der Waals surface area contributed by atoms with Crippen LogP contribution in [0.1, 0.15) is 29.2 Å². The Morgan fingerprint density at radius 3 is 2.29 bits per heavy atom. The Labute approximate surface area is 280 Å². The van der Waals surface area contributed by atoms with Gasteiger partial charge in [-0.05, 0) is 53.9 Å². The number of rotatable bonds is 15. The Balaban J connectivity index is 1.50. The number of amides is 4. The first kappa shape index (κ1) is 35.7. The summed E-state index contributed by atoms with van der Waals surface area (Å²) in [7, 11) is 2.96. The maximum absolute atomic E-state index is 13.7. The molecule has 4 N–H and O–H groups in total. The smallest absolute Gasteiger partial charge is 0.323 e. The molecule has 4 amide bonds. The fourth-order valence-corrected chi connectivity index (χ4v) is 5.54. The predicted octanol–water partition coefficient (Wildman–Crippen LogP) is 3.26. The number of aryl methyl sites for hydroxylation is 1. The average Bonchev–Trinajstić information content (AvgIpc) is 3.07. The molecule has 1 heterocycles. The van der Waals surface area contributed by atoms with Crippen LogP contribution >= 0.6 is 0 Å². The van der Waals surface area contributed by atoms with E-state index < -0.39 is 23.9 Å². The number of primary amides is 1. The van der Waals surface area contributed by atoms with Crippen LogP contribution in [0, 0.1) is 6.92 Å². The third-order valence-electron chi connectivity index (χ3n) is 8.13. The largest absolute Gasteiger partial charge is 0.493 e. The lowest BCUT2D eigenvalue weighted by Crippen LogP contribution is -2.47. The number of nitrogens with zero attached hydrogens (tertiary/aromatic N) is 3. The summed E-state index contributed by atoms with van der Waals surface area (Å²) in [5.74, 6) is -1.02. The van der Waals surface area contributed by atoms with Gasteiger partial charge >= 0.3 is 12.0 Å². The van der Waals surface area contributed by atoms with Gasteiger partial charge in [-0.25, -0.2) is 4.79 Å². The van der Waals surface area contributed by atoms with Crippen molar-refractivity contribution in [2.45, 2.75) is 25.8 Å². The van der Waals surface area contributed by atoms with Gasteiger partial charge in [0, 0.05) is 26.2 Å². The summed E-state index contributed by atoms with van der Waals surface area (Å²) < 4.78 is 16.1. The minimum atomic E-state index is -1.10. The van der Waals surface area contributed by atoms with Crippen LogP contribution in [-0.2, 0) is 25.5 Å². The lowest BCUT2D eigenvalue weighted by molar-refractivity contribution is -0.139. The van der Waals surface area contributed by atoms with Crippen molar-refractivity contribution in [3.63, 3.8) is 0 Å². The summed E-state index contributed by atoms with van der Waals surface area (Å²) in [4.78, 5) is 56.3. The predicted molar refractivity (Wildman–Crippen MR) is 180 cm³/mol. The Bertz CT molecular complexity index is 1580. The summed E-state index contributed by atoms with van der Waals surface area (Å²) in [6.07, 6.45) is -0.369. The second-order valence-electron chi connectivity index (χ2n) is 11.4. The van der Waals surface area contributed by atoms with Gasteiger partial charge in [-0.15, -0.1) is 0 Å². The van der Waals surface area contributed by atoms with Crippen molar-refractivity contribution in [3.05, 3.63) is 83.4 Å². The summed E-state index contributed by atoms with van der Waals surface area (Å²) in [5.41, 5.74) is 9.01. The normalized spacial score (nSPS) is 13.6. The number of nitrogens with two attached hydrogens (primary N) is 1. The Kier molecular flexibility index (Phi) is 12.7. The molecule has 0 aromatic heterocycles. The van der Waals surface area contributed by atoms with Crippen LogP contribution in [0.2, 0.25) is 0 Å². The number of nitrogens with one attached hydrogen (secondary N) is 1. The molecule has 0 bridgehead atoms. The van der Waals surface area contributed by atoms with Gasteiger partial charge < -0.3 is 35.3 Å². The van der Waals surface area contributed by atoms with Gasteiger partial charge in [-0.2, -0.15) is 0 Å². The minimum absolute atomic E-state index is 0.00579. The molecule has 1 atom stereocenters. The quantitative estimate of drug-likeness (QED) is 0.222. The number of para-hydroxylation sites is 1. The number of anilines is 2. The van der Waals surface area contributed by atoms with Crippen molar-refractivity contribution < 1.29 is 38.5 Å². The molecule has 3 aromatic rings. The number of carbonyl (C=O) groups is 4. The molecule has 1 saturated heterocycles. The van der Waals surface area contributed by atoms with Crippen LogP contribution in [0.25, 0.3) is 0 Å². The minimum Gasteiger partial charge on any atom is -0.493 e. The first-order valence-corrected chi connectivity index (χ1v) is 15.6. The van der Waals surface area contributed by atoms with E-state index in [0.717, 1.165) is 5.56 Å². The van der Waals surface area contributed by atoms with Gasteiger partial charge in [0.15, 0.2) is 11.5 Å². The van der Waals surface area contributed by atoms with Crippen LogP contribution < -0.4 is 25.4 Å². The lowest BCUT2D eigenvalue weighted by Gasteiger charge is -2.30. The molecule has 0 spiro atoms. The van der Waals surface area contributed by atoms with E-state index in [9.17, 15) is 24.3 Å². The number of hydrogen-bond acceptors (Lipinski definition) is 8. The second kappa shape index (κ2) is 17.1. The number of benzene rings is 3. The summed E-state index contributed by atoms with van der Waals surface area (Å²) >= 11 is 0. The number of carboxylic acid groups (broad SMARTS) is 1. The highest BCUT2D eigenvalue weighted by molar-refractivity contribution is 5.99. The molecule has 13 heteroatoms. The van der Waals surface area contributed by atoms with E-state index in [2.05, 4.69) is 10.2 Å². The zero-order chi connectivity index (χ0) is 34.6. The highest BCUT2D eigenvalue weighted by Crippen LogP contribution is 2.31. The van der Waals surface area contributed by atoms with E-state index in [4.69, 9.17) is 19.9 Å². The number of carbonyl (C=O) groups excluding carboxylic acids is 3. The molecule has 1 aliphatic rings. The molecule has 0 radical (unpaired) electrons. The Morgan fingerprint density at radius 2 is 1.67 bits per heavy atom. The summed E-state index contributed by atoms with van der Waals surface area (Å²) in [6.45, 7) is 5.05. The van der Waals surface area contributed by atoms with Crippen molar-refractivity contribution in [1.29, 1.82) is 0 Å². The highest BCUT2D eigenvalue weighted by Gasteiger charge is 2.24. The van der Waals surface area contributed by atoms with Crippen molar-refractivity contribution >= 4 is 35.2 Å². The van der Waals surface area contributed by atoms with E-state index in [0.29, 0.717) is 66.8 Å². The van der Waals surface area contributed by atoms with Crippen molar-refractivity contribution in [2.75, 3.05) is 65.1 Å². The Morgan fingerprint density at radius 1 is 0.979 bits per heavy atom. The molecule has 1 fully saturated rings. The molecule has 256 valence electrons. The number of carboxylic acids is 1. The molecular formula is C35H43N5O8. The lowest BCUT2D eigenvalue weighted by atomic mass is 10.0. The SMILES string of the molecule is COc1ccc([C@H](CC(=O)O)NC(=O)CN(CCN2CCOCC2)C(=O)Cc2ccc(N(C(N)=O)c3ccccc3C)cc2)cc1OC. The monoisotopic (exact) mass is 661 g/mol. The zero-order valence-electron chi connectivity index (χ0n) is 27.5. The maximum atomic E-state index is 13.7.